The van der Waals surface area contributed by atoms with Crippen LogP contribution in [-0.4, -0.2) is 38.5 Å². The lowest BCUT2D eigenvalue weighted by atomic mass is 9.82. The summed E-state index contributed by atoms with van der Waals surface area (Å²) in [6.07, 6.45) is 5.01. The molecule has 1 unspecified atom stereocenters. The van der Waals surface area contributed by atoms with Gasteiger partial charge >= 0.3 is 0 Å². The summed E-state index contributed by atoms with van der Waals surface area (Å²) in [7, 11) is 3.40. The fraction of sp³-hybridized carbons (Fsp3) is 0.417. The molecule has 3 aromatic rings. The number of ether oxygens (including phenoxy) is 4. The normalized spacial score (nSPS) is 19.9. The van der Waals surface area contributed by atoms with Crippen molar-refractivity contribution in [3.8, 4) is 23.0 Å². The summed E-state index contributed by atoms with van der Waals surface area (Å²) in [5.41, 5.74) is 2.88. The molecule has 0 amide bonds. The Bertz CT molecular complexity index is 1150. The molecule has 158 valence electrons. The van der Waals surface area contributed by atoms with E-state index < -0.39 is 0 Å². The van der Waals surface area contributed by atoms with Crippen LogP contribution in [0.1, 0.15) is 30.4 Å². The van der Waals surface area contributed by atoms with E-state index in [-0.39, 0.29) is 12.4 Å². The van der Waals surface area contributed by atoms with Crippen LogP contribution in [0.25, 0.3) is 21.5 Å². The average molecular weight is 428 g/mol. The third kappa shape index (κ3) is 2.79. The fourth-order valence-corrected chi connectivity index (χ4v) is 5.44. The second kappa shape index (κ2) is 7.40. The standard InChI is InChI=1S/C24H25NO4.ClH/c1-26-21-8-16-18-11-24-23(28-13-29-24)10-17(18)15-7-14-5-3-4-6-25(14)12-20(15)19(16)9-22(21)27-2;/h8-11,14H,3-7,12-13H2,1-2H3;1H. The number of hydrogen-bond acceptors (Lipinski definition) is 5. The SMILES string of the molecule is COc1cc2c3c(c4cc5c(cc4c2cc1OC)OCO5)CC1CCCCN1C3.Cl. The van der Waals surface area contributed by atoms with Gasteiger partial charge in [0, 0.05) is 12.6 Å². The van der Waals surface area contributed by atoms with Gasteiger partial charge < -0.3 is 18.9 Å². The minimum absolute atomic E-state index is 0. The lowest BCUT2D eigenvalue weighted by molar-refractivity contribution is 0.128. The predicted molar refractivity (Wildman–Crippen MR) is 120 cm³/mol. The van der Waals surface area contributed by atoms with Crippen molar-refractivity contribution >= 4 is 34.0 Å². The van der Waals surface area contributed by atoms with Gasteiger partial charge in [0.1, 0.15) is 0 Å². The van der Waals surface area contributed by atoms with Crippen molar-refractivity contribution in [3.63, 3.8) is 0 Å². The first-order chi connectivity index (χ1) is 14.3. The zero-order chi connectivity index (χ0) is 19.5. The zero-order valence-corrected chi connectivity index (χ0v) is 18.1. The van der Waals surface area contributed by atoms with Gasteiger partial charge in [0.2, 0.25) is 6.79 Å². The van der Waals surface area contributed by atoms with E-state index in [2.05, 4.69) is 29.2 Å². The average Bonchev–Trinajstić information content (AvgIpc) is 3.23. The van der Waals surface area contributed by atoms with Crippen molar-refractivity contribution in [2.75, 3.05) is 27.6 Å². The number of halogens is 1. The molecule has 0 N–H and O–H groups in total. The second-order valence-corrected chi connectivity index (χ2v) is 8.29. The highest BCUT2D eigenvalue weighted by Crippen LogP contribution is 2.46. The summed E-state index contributed by atoms with van der Waals surface area (Å²) in [6.45, 7) is 2.48. The summed E-state index contributed by atoms with van der Waals surface area (Å²) in [4.78, 5) is 2.67. The molecule has 0 spiro atoms. The van der Waals surface area contributed by atoms with Gasteiger partial charge in [-0.25, -0.2) is 0 Å². The lowest BCUT2D eigenvalue weighted by Crippen LogP contribution is -2.43. The van der Waals surface area contributed by atoms with Crippen LogP contribution in [0, 0.1) is 0 Å². The van der Waals surface area contributed by atoms with Crippen molar-refractivity contribution < 1.29 is 18.9 Å². The molecule has 3 aliphatic heterocycles. The van der Waals surface area contributed by atoms with E-state index in [1.807, 2.05) is 0 Å². The Balaban J connectivity index is 0.00000193. The van der Waals surface area contributed by atoms with Crippen molar-refractivity contribution in [1.29, 1.82) is 0 Å². The fourth-order valence-electron chi connectivity index (χ4n) is 5.44. The Labute approximate surface area is 182 Å². The molecular formula is C24H26ClNO4. The van der Waals surface area contributed by atoms with E-state index in [0.29, 0.717) is 12.8 Å². The van der Waals surface area contributed by atoms with Gasteiger partial charge in [-0.05, 0) is 82.7 Å². The minimum atomic E-state index is 0. The molecule has 5 nitrogen and oxygen atoms in total. The first-order valence-electron chi connectivity index (χ1n) is 10.4. The predicted octanol–water partition coefficient (Wildman–Crippen LogP) is 5.07. The molecule has 3 heterocycles. The van der Waals surface area contributed by atoms with Crippen LogP contribution >= 0.6 is 12.4 Å². The topological polar surface area (TPSA) is 40.2 Å². The molecule has 1 atom stereocenters. The smallest absolute Gasteiger partial charge is 0.231 e. The largest absolute Gasteiger partial charge is 0.493 e. The van der Waals surface area contributed by atoms with E-state index in [9.17, 15) is 0 Å². The maximum atomic E-state index is 5.72. The monoisotopic (exact) mass is 427 g/mol. The Morgan fingerprint density at radius 1 is 0.833 bits per heavy atom. The van der Waals surface area contributed by atoms with Crippen LogP contribution in [0.3, 0.4) is 0 Å². The maximum absolute atomic E-state index is 5.72. The Morgan fingerprint density at radius 2 is 1.47 bits per heavy atom. The molecule has 3 aliphatic rings. The first kappa shape index (κ1) is 19.6. The molecule has 6 rings (SSSR count). The molecule has 3 aromatic carbocycles. The number of fused-ring (bicyclic) bond motifs is 8. The highest BCUT2D eigenvalue weighted by Gasteiger charge is 2.32. The molecule has 6 heteroatoms. The highest BCUT2D eigenvalue weighted by molar-refractivity contribution is 6.13. The first-order valence-corrected chi connectivity index (χ1v) is 10.4. The molecule has 0 aromatic heterocycles. The molecule has 1 saturated heterocycles. The summed E-state index contributed by atoms with van der Waals surface area (Å²) in [5, 5.41) is 4.93. The third-order valence-electron chi connectivity index (χ3n) is 6.89. The summed E-state index contributed by atoms with van der Waals surface area (Å²) in [6, 6.07) is 9.23. The number of hydrogen-bond donors (Lipinski definition) is 0. The van der Waals surface area contributed by atoms with Crippen LogP contribution < -0.4 is 18.9 Å². The van der Waals surface area contributed by atoms with Crippen molar-refractivity contribution in [3.05, 3.63) is 35.4 Å². The van der Waals surface area contributed by atoms with E-state index in [4.69, 9.17) is 18.9 Å². The van der Waals surface area contributed by atoms with Gasteiger partial charge in [0.25, 0.3) is 0 Å². The number of methoxy groups -OCH3 is 2. The van der Waals surface area contributed by atoms with Crippen LogP contribution in [0.4, 0.5) is 0 Å². The van der Waals surface area contributed by atoms with Crippen LogP contribution in [0.15, 0.2) is 24.3 Å². The van der Waals surface area contributed by atoms with Gasteiger partial charge in [0.05, 0.1) is 14.2 Å². The van der Waals surface area contributed by atoms with Crippen LogP contribution in [0.2, 0.25) is 0 Å². The number of nitrogens with zero attached hydrogens (tertiary/aromatic N) is 1. The summed E-state index contributed by atoms with van der Waals surface area (Å²) < 4.78 is 22.7. The van der Waals surface area contributed by atoms with Crippen LogP contribution in [-0.2, 0) is 13.0 Å². The number of benzene rings is 3. The highest BCUT2D eigenvalue weighted by atomic mass is 35.5. The number of rotatable bonds is 2. The van der Waals surface area contributed by atoms with Crippen molar-refractivity contribution in [2.24, 2.45) is 0 Å². The van der Waals surface area contributed by atoms with E-state index in [1.54, 1.807) is 14.2 Å². The quantitative estimate of drug-likeness (QED) is 0.534. The zero-order valence-electron chi connectivity index (χ0n) is 17.3. The molecule has 1 fully saturated rings. The van der Waals surface area contributed by atoms with Crippen LogP contribution in [0.5, 0.6) is 23.0 Å². The molecular weight excluding hydrogens is 402 g/mol. The summed E-state index contributed by atoms with van der Waals surface area (Å²) in [5.74, 6) is 3.21. The van der Waals surface area contributed by atoms with Gasteiger partial charge in [-0.1, -0.05) is 6.42 Å². The molecule has 0 saturated carbocycles. The Hall–Kier alpha value is -2.37. The van der Waals surface area contributed by atoms with E-state index in [0.717, 1.165) is 36.0 Å². The Kier molecular flexibility index (Phi) is 4.83. The van der Waals surface area contributed by atoms with Gasteiger partial charge in [-0.2, -0.15) is 0 Å². The minimum Gasteiger partial charge on any atom is -0.493 e. The van der Waals surface area contributed by atoms with Gasteiger partial charge in [0.15, 0.2) is 23.0 Å². The van der Waals surface area contributed by atoms with Gasteiger partial charge in [-0.3, -0.25) is 4.90 Å². The van der Waals surface area contributed by atoms with Gasteiger partial charge in [-0.15, -0.1) is 12.4 Å². The van der Waals surface area contributed by atoms with Crippen molar-refractivity contribution in [1.82, 2.24) is 4.90 Å². The molecule has 0 radical (unpaired) electrons. The lowest BCUT2D eigenvalue weighted by Gasteiger charge is -2.41. The van der Waals surface area contributed by atoms with E-state index in [1.165, 1.54) is 58.5 Å². The molecule has 0 aliphatic carbocycles. The Morgan fingerprint density at radius 3 is 2.20 bits per heavy atom. The third-order valence-corrected chi connectivity index (χ3v) is 6.89. The van der Waals surface area contributed by atoms with Crippen molar-refractivity contribution in [2.45, 2.75) is 38.3 Å². The van der Waals surface area contributed by atoms with E-state index >= 15 is 0 Å². The number of piperidine rings is 1. The summed E-state index contributed by atoms with van der Waals surface area (Å²) >= 11 is 0. The molecule has 0 bridgehead atoms. The second-order valence-electron chi connectivity index (χ2n) is 8.29. The maximum Gasteiger partial charge on any atom is 0.231 e. The molecule has 30 heavy (non-hydrogen) atoms.